The van der Waals surface area contributed by atoms with Crippen molar-refractivity contribution in [2.75, 3.05) is 13.2 Å². The zero-order valence-corrected chi connectivity index (χ0v) is 11.7. The molecule has 0 saturated heterocycles. The number of aromatic nitrogens is 3. The molecule has 1 heterocycles. The lowest BCUT2D eigenvalue weighted by atomic mass is 10.0. The van der Waals surface area contributed by atoms with Crippen molar-refractivity contribution in [3.63, 3.8) is 0 Å². The number of nitrogens with zero attached hydrogens (tertiary/aromatic N) is 3. The van der Waals surface area contributed by atoms with E-state index in [1.165, 1.54) is 0 Å². The molecule has 0 fully saturated rings. The average molecular weight is 284 g/mol. The first kappa shape index (κ1) is 14.8. The second-order valence-electron chi connectivity index (χ2n) is 4.43. The van der Waals surface area contributed by atoms with Crippen LogP contribution in [0, 0.1) is 18.8 Å². The summed E-state index contributed by atoms with van der Waals surface area (Å²) in [6.45, 7) is 2.69. The number of hydrogen-bond acceptors (Lipinski definition) is 4. The van der Waals surface area contributed by atoms with E-state index in [0.29, 0.717) is 24.2 Å². The number of aliphatic hydroxyl groups excluding tert-OH is 1. The SMILES string of the molecule is Cc1ccc(C(=O)NCCn2ccnn2)c(C#CCO)c1. The molecule has 2 rings (SSSR count). The Kier molecular flexibility index (Phi) is 5.07. The van der Waals surface area contributed by atoms with E-state index in [1.54, 1.807) is 23.1 Å². The third-order valence-corrected chi connectivity index (χ3v) is 2.82. The summed E-state index contributed by atoms with van der Waals surface area (Å²) in [4.78, 5) is 12.2. The molecule has 0 radical (unpaired) electrons. The van der Waals surface area contributed by atoms with Crippen molar-refractivity contribution in [2.24, 2.45) is 0 Å². The van der Waals surface area contributed by atoms with E-state index in [-0.39, 0.29) is 12.5 Å². The summed E-state index contributed by atoms with van der Waals surface area (Å²) in [5, 5.41) is 19.1. The van der Waals surface area contributed by atoms with Crippen molar-refractivity contribution in [3.8, 4) is 11.8 Å². The zero-order valence-electron chi connectivity index (χ0n) is 11.7. The van der Waals surface area contributed by atoms with Gasteiger partial charge >= 0.3 is 0 Å². The number of benzene rings is 1. The van der Waals surface area contributed by atoms with Gasteiger partial charge in [0.05, 0.1) is 18.3 Å². The number of rotatable bonds is 4. The van der Waals surface area contributed by atoms with E-state index in [4.69, 9.17) is 5.11 Å². The van der Waals surface area contributed by atoms with Crippen LogP contribution in [0.1, 0.15) is 21.5 Å². The van der Waals surface area contributed by atoms with Crippen LogP contribution in [0.3, 0.4) is 0 Å². The standard InChI is InChI=1S/C15H16N4O2/c1-12-4-5-14(13(11-12)3-2-10-20)15(21)16-6-8-19-9-7-17-18-19/h4-5,7,9,11,20H,6,8,10H2,1H3,(H,16,21). The molecule has 0 aliphatic heterocycles. The largest absolute Gasteiger partial charge is 0.384 e. The molecule has 0 aliphatic carbocycles. The number of amides is 1. The second-order valence-corrected chi connectivity index (χ2v) is 4.43. The highest BCUT2D eigenvalue weighted by Gasteiger charge is 2.09. The van der Waals surface area contributed by atoms with Crippen LogP contribution in [-0.2, 0) is 6.54 Å². The van der Waals surface area contributed by atoms with E-state index < -0.39 is 0 Å². The fourth-order valence-electron chi connectivity index (χ4n) is 1.83. The van der Waals surface area contributed by atoms with E-state index in [9.17, 15) is 4.79 Å². The maximum atomic E-state index is 12.2. The first-order valence-corrected chi connectivity index (χ1v) is 6.53. The van der Waals surface area contributed by atoms with Gasteiger partial charge in [0, 0.05) is 18.3 Å². The Labute approximate surface area is 122 Å². The van der Waals surface area contributed by atoms with Gasteiger partial charge in [0.1, 0.15) is 6.61 Å². The van der Waals surface area contributed by atoms with Crippen molar-refractivity contribution in [2.45, 2.75) is 13.5 Å². The van der Waals surface area contributed by atoms with Crippen LogP contribution in [0.2, 0.25) is 0 Å². The van der Waals surface area contributed by atoms with Gasteiger partial charge in [-0.05, 0) is 24.6 Å². The maximum Gasteiger partial charge on any atom is 0.252 e. The fraction of sp³-hybridized carbons (Fsp3) is 0.267. The van der Waals surface area contributed by atoms with Crippen LogP contribution < -0.4 is 5.32 Å². The van der Waals surface area contributed by atoms with Crippen molar-refractivity contribution in [1.29, 1.82) is 0 Å². The molecule has 2 N–H and O–H groups in total. The third kappa shape index (κ3) is 4.16. The number of hydrogen-bond donors (Lipinski definition) is 2. The summed E-state index contributed by atoms with van der Waals surface area (Å²) in [5.74, 6) is 5.17. The lowest BCUT2D eigenvalue weighted by molar-refractivity contribution is 0.0951. The van der Waals surface area contributed by atoms with Crippen LogP contribution in [0.15, 0.2) is 30.6 Å². The van der Waals surface area contributed by atoms with Crippen LogP contribution in [0.5, 0.6) is 0 Å². The molecule has 108 valence electrons. The third-order valence-electron chi connectivity index (χ3n) is 2.82. The Morgan fingerprint density at radius 2 is 2.33 bits per heavy atom. The van der Waals surface area contributed by atoms with Crippen LogP contribution in [-0.4, -0.2) is 39.2 Å². The highest BCUT2D eigenvalue weighted by molar-refractivity contribution is 5.96. The number of carbonyl (C=O) groups is 1. The summed E-state index contributed by atoms with van der Waals surface area (Å²) in [7, 11) is 0. The Bertz CT molecular complexity index is 669. The van der Waals surface area contributed by atoms with Gasteiger partial charge in [-0.3, -0.25) is 9.48 Å². The van der Waals surface area contributed by atoms with E-state index in [0.717, 1.165) is 5.56 Å². The molecule has 0 spiro atoms. The molecular formula is C15H16N4O2. The first-order chi connectivity index (χ1) is 10.2. The number of carbonyl (C=O) groups excluding carboxylic acids is 1. The topological polar surface area (TPSA) is 80.0 Å². The molecule has 6 heteroatoms. The lowest BCUT2D eigenvalue weighted by Crippen LogP contribution is -2.28. The first-order valence-electron chi connectivity index (χ1n) is 6.53. The minimum Gasteiger partial charge on any atom is -0.384 e. The predicted octanol–water partition coefficient (Wildman–Crippen LogP) is 0.360. The lowest BCUT2D eigenvalue weighted by Gasteiger charge is -2.07. The molecule has 0 aliphatic rings. The summed E-state index contributed by atoms with van der Waals surface area (Å²) in [6, 6.07) is 5.42. The van der Waals surface area contributed by atoms with Crippen molar-refractivity contribution in [3.05, 3.63) is 47.3 Å². The van der Waals surface area contributed by atoms with Crippen LogP contribution >= 0.6 is 0 Å². The van der Waals surface area contributed by atoms with Gasteiger partial charge in [-0.1, -0.05) is 23.1 Å². The minimum atomic E-state index is -0.235. The summed E-state index contributed by atoms with van der Waals surface area (Å²) < 4.78 is 1.64. The van der Waals surface area contributed by atoms with Gasteiger partial charge in [-0.25, -0.2) is 0 Å². The average Bonchev–Trinajstić information content (AvgIpc) is 2.98. The van der Waals surface area contributed by atoms with Crippen LogP contribution in [0.25, 0.3) is 0 Å². The minimum absolute atomic E-state index is 0.197. The maximum absolute atomic E-state index is 12.2. The highest BCUT2D eigenvalue weighted by atomic mass is 16.2. The van der Waals surface area contributed by atoms with Gasteiger partial charge in [-0.2, -0.15) is 0 Å². The second kappa shape index (κ2) is 7.22. The molecule has 0 unspecified atom stereocenters. The van der Waals surface area contributed by atoms with Gasteiger partial charge in [0.25, 0.3) is 5.91 Å². The Morgan fingerprint density at radius 3 is 3.05 bits per heavy atom. The molecule has 2 aromatic rings. The number of aryl methyl sites for hydroxylation is 1. The normalized spacial score (nSPS) is 9.81. The van der Waals surface area contributed by atoms with Gasteiger partial charge in [0.15, 0.2) is 0 Å². The van der Waals surface area contributed by atoms with Crippen molar-refractivity contribution >= 4 is 5.91 Å². The monoisotopic (exact) mass is 284 g/mol. The highest BCUT2D eigenvalue weighted by Crippen LogP contribution is 2.10. The van der Waals surface area contributed by atoms with Crippen molar-refractivity contribution in [1.82, 2.24) is 20.3 Å². The van der Waals surface area contributed by atoms with Crippen LogP contribution in [0.4, 0.5) is 0 Å². The quantitative estimate of drug-likeness (QED) is 0.795. The molecule has 1 aromatic heterocycles. The van der Waals surface area contributed by atoms with Gasteiger partial charge in [0.2, 0.25) is 0 Å². The smallest absolute Gasteiger partial charge is 0.252 e. The van der Waals surface area contributed by atoms with Gasteiger partial charge < -0.3 is 10.4 Å². The summed E-state index contributed by atoms with van der Waals surface area (Å²) >= 11 is 0. The number of nitrogens with one attached hydrogen (secondary N) is 1. The van der Waals surface area contributed by atoms with E-state index in [1.807, 2.05) is 19.1 Å². The molecule has 21 heavy (non-hydrogen) atoms. The molecule has 0 atom stereocenters. The Balaban J connectivity index is 2.04. The molecule has 1 amide bonds. The predicted molar refractivity (Wildman–Crippen MR) is 77.5 cm³/mol. The fourth-order valence-corrected chi connectivity index (χ4v) is 1.83. The molecule has 0 saturated carbocycles. The molecule has 6 nitrogen and oxygen atoms in total. The Morgan fingerprint density at radius 1 is 1.48 bits per heavy atom. The number of aliphatic hydroxyl groups is 1. The van der Waals surface area contributed by atoms with E-state index >= 15 is 0 Å². The zero-order chi connectivity index (χ0) is 15.1. The van der Waals surface area contributed by atoms with Gasteiger partial charge in [-0.15, -0.1) is 5.10 Å². The van der Waals surface area contributed by atoms with E-state index in [2.05, 4.69) is 27.5 Å². The summed E-state index contributed by atoms with van der Waals surface area (Å²) in [6.07, 6.45) is 3.32. The van der Waals surface area contributed by atoms with Crippen molar-refractivity contribution < 1.29 is 9.90 Å². The summed E-state index contributed by atoms with van der Waals surface area (Å²) in [5.41, 5.74) is 2.12. The molecule has 1 aromatic carbocycles. The Hall–Kier alpha value is -2.65. The molecule has 0 bridgehead atoms. The molecular weight excluding hydrogens is 268 g/mol.